The molecule has 12 heavy (non-hydrogen) atoms. The molecule has 64 valence electrons. The van der Waals surface area contributed by atoms with E-state index in [2.05, 4.69) is 5.32 Å². The topological polar surface area (TPSA) is 29.1 Å². The highest BCUT2D eigenvalue weighted by molar-refractivity contribution is 7.98. The summed E-state index contributed by atoms with van der Waals surface area (Å²) in [7, 11) is 0. The predicted molar refractivity (Wildman–Crippen MR) is 51.1 cm³/mol. The van der Waals surface area contributed by atoms with E-state index in [-0.39, 0.29) is 0 Å². The van der Waals surface area contributed by atoms with Crippen molar-refractivity contribution in [2.45, 2.75) is 11.4 Å². The molecule has 0 unspecified atom stereocenters. The van der Waals surface area contributed by atoms with Gasteiger partial charge in [-0.15, -0.1) is 11.8 Å². The number of nitrogens with one attached hydrogen (secondary N) is 1. The Morgan fingerprint density at radius 1 is 1.42 bits per heavy atom. The van der Waals surface area contributed by atoms with E-state index >= 15 is 0 Å². The molecule has 1 aromatic rings. The number of carbonyl (C=O) groups excluding carboxylic acids is 1. The third kappa shape index (κ3) is 2.58. The molecule has 0 spiro atoms. The third-order valence-corrected chi connectivity index (χ3v) is 2.29. The molecule has 0 saturated heterocycles. The smallest absolute Gasteiger partial charge is 0.207 e. The van der Waals surface area contributed by atoms with Crippen molar-refractivity contribution in [3.63, 3.8) is 0 Å². The molecule has 3 heteroatoms. The summed E-state index contributed by atoms with van der Waals surface area (Å²) >= 11 is 1.71. The average molecular weight is 181 g/mol. The van der Waals surface area contributed by atoms with Crippen LogP contribution in [0.4, 0.5) is 0 Å². The SMILES string of the molecule is CSc1ccc(CNC=O)cc1. The van der Waals surface area contributed by atoms with Crippen molar-refractivity contribution in [3.05, 3.63) is 29.8 Å². The van der Waals surface area contributed by atoms with Crippen LogP contribution in [0, 0.1) is 0 Å². The van der Waals surface area contributed by atoms with Gasteiger partial charge in [-0.1, -0.05) is 12.1 Å². The van der Waals surface area contributed by atoms with E-state index < -0.39 is 0 Å². The van der Waals surface area contributed by atoms with E-state index in [1.165, 1.54) is 4.90 Å². The summed E-state index contributed by atoms with van der Waals surface area (Å²) in [6.07, 6.45) is 2.75. The van der Waals surface area contributed by atoms with Gasteiger partial charge < -0.3 is 5.32 Å². The minimum atomic E-state index is 0.609. The molecule has 2 nitrogen and oxygen atoms in total. The number of benzene rings is 1. The summed E-state index contributed by atoms with van der Waals surface area (Å²) in [6.45, 7) is 0.609. The van der Waals surface area contributed by atoms with Crippen molar-refractivity contribution in [1.29, 1.82) is 0 Å². The number of thioether (sulfide) groups is 1. The standard InChI is InChI=1S/C9H11NOS/c1-12-9-4-2-8(3-5-9)6-10-7-11/h2-5,7H,6H2,1H3,(H,10,11). The van der Waals surface area contributed by atoms with Gasteiger partial charge in [0.25, 0.3) is 0 Å². The molecule has 1 amide bonds. The van der Waals surface area contributed by atoms with Crippen LogP contribution >= 0.6 is 11.8 Å². The first-order valence-electron chi connectivity index (χ1n) is 3.67. The average Bonchev–Trinajstić information content (AvgIpc) is 2.15. The predicted octanol–water partition coefficient (Wildman–Crippen LogP) is 1.65. The number of hydrogen-bond acceptors (Lipinski definition) is 2. The Morgan fingerprint density at radius 2 is 2.08 bits per heavy atom. The van der Waals surface area contributed by atoms with Gasteiger partial charge in [0.1, 0.15) is 0 Å². The van der Waals surface area contributed by atoms with Gasteiger partial charge in [0.15, 0.2) is 0 Å². The van der Waals surface area contributed by atoms with Crippen molar-refractivity contribution in [2.24, 2.45) is 0 Å². The Kier molecular flexibility index (Phi) is 3.67. The van der Waals surface area contributed by atoms with Gasteiger partial charge in [0.2, 0.25) is 6.41 Å². The monoisotopic (exact) mass is 181 g/mol. The molecule has 0 radical (unpaired) electrons. The summed E-state index contributed by atoms with van der Waals surface area (Å²) in [4.78, 5) is 11.2. The lowest BCUT2D eigenvalue weighted by Crippen LogP contribution is -2.09. The maximum absolute atomic E-state index is 9.99. The van der Waals surface area contributed by atoms with E-state index in [4.69, 9.17) is 0 Å². The lowest BCUT2D eigenvalue weighted by atomic mass is 10.2. The van der Waals surface area contributed by atoms with Crippen molar-refractivity contribution < 1.29 is 4.79 Å². The molecule has 0 aliphatic rings. The summed E-state index contributed by atoms with van der Waals surface area (Å²) < 4.78 is 0. The zero-order chi connectivity index (χ0) is 8.81. The highest BCUT2D eigenvalue weighted by Crippen LogP contribution is 2.14. The summed E-state index contributed by atoms with van der Waals surface area (Å²) in [6, 6.07) is 8.13. The van der Waals surface area contributed by atoms with Crippen molar-refractivity contribution in [3.8, 4) is 0 Å². The van der Waals surface area contributed by atoms with E-state index in [0.717, 1.165) is 5.56 Å². The van der Waals surface area contributed by atoms with Crippen LogP contribution in [0.15, 0.2) is 29.2 Å². The van der Waals surface area contributed by atoms with Gasteiger partial charge in [-0.2, -0.15) is 0 Å². The molecule has 1 N–H and O–H groups in total. The Morgan fingerprint density at radius 3 is 2.58 bits per heavy atom. The number of amides is 1. The number of rotatable bonds is 4. The molecule has 0 heterocycles. The number of hydrogen-bond donors (Lipinski definition) is 1. The van der Waals surface area contributed by atoms with Gasteiger partial charge in [-0.3, -0.25) is 4.79 Å². The Balaban J connectivity index is 2.58. The first-order valence-corrected chi connectivity index (χ1v) is 4.89. The van der Waals surface area contributed by atoms with Gasteiger partial charge >= 0.3 is 0 Å². The minimum Gasteiger partial charge on any atom is -0.355 e. The van der Waals surface area contributed by atoms with Crippen LogP contribution in [0.3, 0.4) is 0 Å². The van der Waals surface area contributed by atoms with Crippen LogP contribution in [0.2, 0.25) is 0 Å². The fourth-order valence-electron chi connectivity index (χ4n) is 0.903. The van der Waals surface area contributed by atoms with E-state index in [1.54, 1.807) is 11.8 Å². The molecule has 0 aliphatic carbocycles. The Labute approximate surface area is 76.4 Å². The zero-order valence-electron chi connectivity index (χ0n) is 6.91. The van der Waals surface area contributed by atoms with Gasteiger partial charge in [-0.25, -0.2) is 0 Å². The summed E-state index contributed by atoms with van der Waals surface area (Å²) in [5.41, 5.74) is 1.12. The summed E-state index contributed by atoms with van der Waals surface area (Å²) in [5, 5.41) is 2.61. The Bertz CT molecular complexity index is 245. The second-order valence-electron chi connectivity index (χ2n) is 2.35. The molecule has 0 fully saturated rings. The van der Waals surface area contributed by atoms with Gasteiger partial charge in [0.05, 0.1) is 0 Å². The maximum Gasteiger partial charge on any atom is 0.207 e. The summed E-state index contributed by atoms with van der Waals surface area (Å²) in [5.74, 6) is 0. The third-order valence-electron chi connectivity index (χ3n) is 1.55. The van der Waals surface area contributed by atoms with Crippen molar-refractivity contribution in [1.82, 2.24) is 5.32 Å². The van der Waals surface area contributed by atoms with Crippen LogP contribution < -0.4 is 5.32 Å². The van der Waals surface area contributed by atoms with E-state index in [9.17, 15) is 4.79 Å². The highest BCUT2D eigenvalue weighted by Gasteiger charge is 1.91. The largest absolute Gasteiger partial charge is 0.355 e. The number of carbonyl (C=O) groups is 1. The minimum absolute atomic E-state index is 0.609. The van der Waals surface area contributed by atoms with Crippen molar-refractivity contribution >= 4 is 18.2 Å². The molecule has 0 aliphatic heterocycles. The Hall–Kier alpha value is -0.960. The molecule has 0 bridgehead atoms. The first kappa shape index (κ1) is 9.13. The lowest BCUT2D eigenvalue weighted by molar-refractivity contribution is -0.109. The van der Waals surface area contributed by atoms with Gasteiger partial charge in [0, 0.05) is 11.4 Å². The zero-order valence-corrected chi connectivity index (χ0v) is 7.73. The highest BCUT2D eigenvalue weighted by atomic mass is 32.2. The van der Waals surface area contributed by atoms with Crippen molar-refractivity contribution in [2.75, 3.05) is 6.26 Å². The quantitative estimate of drug-likeness (QED) is 0.565. The molecular weight excluding hydrogens is 170 g/mol. The normalized spacial score (nSPS) is 9.42. The molecule has 0 saturated carbocycles. The molecule has 0 atom stereocenters. The second kappa shape index (κ2) is 4.83. The van der Waals surface area contributed by atoms with Crippen LogP contribution in [0.5, 0.6) is 0 Å². The molecule has 0 aromatic heterocycles. The van der Waals surface area contributed by atoms with Gasteiger partial charge in [-0.05, 0) is 24.0 Å². The van der Waals surface area contributed by atoms with Crippen LogP contribution in [0.1, 0.15) is 5.56 Å². The second-order valence-corrected chi connectivity index (χ2v) is 3.23. The lowest BCUT2D eigenvalue weighted by Gasteiger charge is -2.00. The molecule has 1 rings (SSSR count). The van der Waals surface area contributed by atoms with E-state index in [1.807, 2.05) is 30.5 Å². The maximum atomic E-state index is 9.99. The van der Waals surface area contributed by atoms with Crippen LogP contribution in [-0.4, -0.2) is 12.7 Å². The molecular formula is C9H11NOS. The van der Waals surface area contributed by atoms with Crippen LogP contribution in [0.25, 0.3) is 0 Å². The van der Waals surface area contributed by atoms with E-state index in [0.29, 0.717) is 13.0 Å². The molecule has 1 aromatic carbocycles. The fraction of sp³-hybridized carbons (Fsp3) is 0.222. The van der Waals surface area contributed by atoms with Crippen LogP contribution in [-0.2, 0) is 11.3 Å². The first-order chi connectivity index (χ1) is 5.86. The fourth-order valence-corrected chi connectivity index (χ4v) is 1.31.